The highest BCUT2D eigenvalue weighted by atomic mass is 16.3. The lowest BCUT2D eigenvalue weighted by atomic mass is 9.34. The molecule has 0 heterocycles. The topological polar surface area (TPSA) is 80.9 Å². The maximum atomic E-state index is 11.9. The Hall–Kier alpha value is -0.420. The molecule has 0 aromatic rings. The summed E-state index contributed by atoms with van der Waals surface area (Å²) in [5, 5.41) is 44.1. The number of aliphatic hydroxyl groups is 4. The molecule has 0 aromatic carbocycles. The van der Waals surface area contributed by atoms with Crippen LogP contribution in [0, 0.1) is 44.3 Å². The molecule has 5 rings (SSSR count). The van der Waals surface area contributed by atoms with Gasteiger partial charge in [0.2, 0.25) is 0 Å². The molecule has 188 valence electrons. The van der Waals surface area contributed by atoms with E-state index < -0.39 is 17.6 Å². The number of rotatable bonds is 1. The van der Waals surface area contributed by atoms with Gasteiger partial charge in [-0.3, -0.25) is 0 Å². The summed E-state index contributed by atoms with van der Waals surface area (Å²) in [6.45, 7) is 13.8. The molecule has 4 fully saturated rings. The van der Waals surface area contributed by atoms with Gasteiger partial charge in [-0.2, -0.15) is 0 Å². The number of allylic oxidation sites excluding steroid dienone is 1. The molecule has 0 unspecified atom stereocenters. The zero-order chi connectivity index (χ0) is 24.2. The van der Waals surface area contributed by atoms with Crippen LogP contribution in [0.25, 0.3) is 0 Å². The van der Waals surface area contributed by atoms with Crippen molar-refractivity contribution in [2.75, 3.05) is 6.61 Å². The molecular weight excluding hydrogens is 412 g/mol. The summed E-state index contributed by atoms with van der Waals surface area (Å²) in [6.07, 6.45) is 9.58. The van der Waals surface area contributed by atoms with Crippen LogP contribution in [0.3, 0.4) is 0 Å². The van der Waals surface area contributed by atoms with Crippen molar-refractivity contribution in [2.24, 2.45) is 44.3 Å². The lowest BCUT2D eigenvalue weighted by Crippen LogP contribution is -2.68. The molecule has 33 heavy (non-hydrogen) atoms. The van der Waals surface area contributed by atoms with Gasteiger partial charge in [-0.1, -0.05) is 47.6 Å². The van der Waals surface area contributed by atoms with Crippen LogP contribution in [-0.4, -0.2) is 45.3 Å². The third kappa shape index (κ3) is 2.90. The molecule has 0 aliphatic heterocycles. The fraction of sp³-hybridized carbons (Fsp3) is 0.931. The number of hydrogen-bond donors (Lipinski definition) is 4. The van der Waals surface area contributed by atoms with Crippen LogP contribution in [-0.2, 0) is 0 Å². The van der Waals surface area contributed by atoms with Crippen molar-refractivity contribution < 1.29 is 20.4 Å². The van der Waals surface area contributed by atoms with E-state index in [2.05, 4.69) is 40.7 Å². The highest BCUT2D eigenvalue weighted by molar-refractivity contribution is 5.34. The third-order valence-electron chi connectivity index (χ3n) is 12.7. The number of fused-ring (bicyclic) bond motifs is 5. The van der Waals surface area contributed by atoms with Gasteiger partial charge in [0.05, 0.1) is 24.9 Å². The average molecular weight is 461 g/mol. The number of hydrogen-bond acceptors (Lipinski definition) is 4. The van der Waals surface area contributed by atoms with Gasteiger partial charge in [0, 0.05) is 10.8 Å². The SMILES string of the molecule is CC1(C)CC[C@@]2(CC[C@]3(C)C(=CC[C@@H]4[C@@]5(C)C[C@@H](O)[C@H](O)[C@@](C)(CO)[C@@H]5CC[C@]43C)[C@H]2O)C1. The van der Waals surface area contributed by atoms with E-state index in [1.807, 2.05) is 6.92 Å². The Morgan fingerprint density at radius 2 is 1.55 bits per heavy atom. The van der Waals surface area contributed by atoms with E-state index in [-0.39, 0.29) is 40.3 Å². The lowest BCUT2D eigenvalue weighted by Gasteiger charge is -2.70. The Balaban J connectivity index is 1.55. The van der Waals surface area contributed by atoms with Crippen molar-refractivity contribution in [1.29, 1.82) is 0 Å². The van der Waals surface area contributed by atoms with Crippen LogP contribution in [0.2, 0.25) is 0 Å². The fourth-order valence-electron chi connectivity index (χ4n) is 10.7. The maximum absolute atomic E-state index is 11.9. The Morgan fingerprint density at radius 1 is 0.879 bits per heavy atom. The van der Waals surface area contributed by atoms with Gasteiger partial charge in [-0.15, -0.1) is 0 Å². The normalized spacial score (nSPS) is 57.8. The number of aliphatic hydroxyl groups excluding tert-OH is 4. The highest BCUT2D eigenvalue weighted by Gasteiger charge is 2.69. The second kappa shape index (κ2) is 7.08. The predicted molar refractivity (Wildman–Crippen MR) is 130 cm³/mol. The van der Waals surface area contributed by atoms with Gasteiger partial charge in [0.25, 0.3) is 0 Å². The Labute approximate surface area is 200 Å². The van der Waals surface area contributed by atoms with Gasteiger partial charge < -0.3 is 20.4 Å². The molecule has 1 spiro atoms. The molecule has 0 amide bonds. The minimum atomic E-state index is -0.878. The van der Waals surface area contributed by atoms with Gasteiger partial charge >= 0.3 is 0 Å². The molecule has 5 aliphatic rings. The van der Waals surface area contributed by atoms with Gasteiger partial charge in [-0.25, -0.2) is 0 Å². The smallest absolute Gasteiger partial charge is 0.0877 e. The quantitative estimate of drug-likeness (QED) is 0.422. The Bertz CT molecular complexity index is 851. The second-order valence-corrected chi connectivity index (χ2v) is 14.8. The van der Waals surface area contributed by atoms with Crippen LogP contribution in [0.5, 0.6) is 0 Å². The van der Waals surface area contributed by atoms with Crippen molar-refractivity contribution in [1.82, 2.24) is 0 Å². The molecule has 10 atom stereocenters. The molecule has 0 bridgehead atoms. The monoisotopic (exact) mass is 460 g/mol. The summed E-state index contributed by atoms with van der Waals surface area (Å²) in [6, 6.07) is 0. The van der Waals surface area contributed by atoms with E-state index in [0.29, 0.717) is 17.8 Å². The van der Waals surface area contributed by atoms with Crippen LogP contribution >= 0.6 is 0 Å². The summed E-state index contributed by atoms with van der Waals surface area (Å²) in [5.41, 5.74) is 0.826. The Kier molecular flexibility index (Phi) is 5.21. The molecule has 4 nitrogen and oxygen atoms in total. The standard InChI is InChI=1S/C29H48O4/c1-24(2)11-13-29(16-24)14-12-27(5)18(22(29)32)7-8-21-25(3)15-19(31)23(33)26(4,17-30)20(25)9-10-28(21,27)6/h7,19-23,30-33H,8-17H2,1-6H3/t19-,20-,21-,22-,23+,25+,26+,27-,28-,29-/m1/s1. The van der Waals surface area contributed by atoms with Crippen molar-refractivity contribution in [2.45, 2.75) is 118 Å². The molecule has 4 N–H and O–H groups in total. The minimum absolute atomic E-state index is 0.0391. The molecule has 4 saturated carbocycles. The Morgan fingerprint density at radius 3 is 2.15 bits per heavy atom. The molecule has 4 heteroatoms. The first-order chi connectivity index (χ1) is 15.2. The predicted octanol–water partition coefficient (Wildman–Crippen LogP) is 4.84. The van der Waals surface area contributed by atoms with Crippen LogP contribution in [0.1, 0.15) is 99.3 Å². The van der Waals surface area contributed by atoms with E-state index in [9.17, 15) is 20.4 Å². The first kappa shape index (κ1) is 24.3. The van der Waals surface area contributed by atoms with Crippen LogP contribution in [0.15, 0.2) is 11.6 Å². The lowest BCUT2D eigenvalue weighted by molar-refractivity contribution is -0.243. The average Bonchev–Trinajstić information content (AvgIpc) is 3.06. The largest absolute Gasteiger partial charge is 0.396 e. The summed E-state index contributed by atoms with van der Waals surface area (Å²) >= 11 is 0. The molecule has 0 aromatic heterocycles. The fourth-order valence-corrected chi connectivity index (χ4v) is 10.7. The summed E-state index contributed by atoms with van der Waals surface area (Å²) in [7, 11) is 0. The molecule has 0 saturated heterocycles. The van der Waals surface area contributed by atoms with E-state index in [0.717, 1.165) is 44.9 Å². The second-order valence-electron chi connectivity index (χ2n) is 14.8. The van der Waals surface area contributed by atoms with Gasteiger partial charge in [0.15, 0.2) is 0 Å². The molecule has 5 aliphatic carbocycles. The van der Waals surface area contributed by atoms with Gasteiger partial charge in [-0.05, 0) is 96.9 Å². The van der Waals surface area contributed by atoms with E-state index in [1.165, 1.54) is 12.0 Å². The van der Waals surface area contributed by atoms with Crippen LogP contribution in [0.4, 0.5) is 0 Å². The minimum Gasteiger partial charge on any atom is -0.396 e. The third-order valence-corrected chi connectivity index (χ3v) is 12.7. The van der Waals surface area contributed by atoms with Gasteiger partial charge in [0.1, 0.15) is 0 Å². The van der Waals surface area contributed by atoms with Crippen molar-refractivity contribution in [3.05, 3.63) is 11.6 Å². The van der Waals surface area contributed by atoms with E-state index in [1.54, 1.807) is 0 Å². The summed E-state index contributed by atoms with van der Waals surface area (Å²) in [4.78, 5) is 0. The first-order valence-corrected chi connectivity index (χ1v) is 13.5. The molecular formula is C29H48O4. The first-order valence-electron chi connectivity index (χ1n) is 13.5. The summed E-state index contributed by atoms with van der Waals surface area (Å²) in [5.74, 6) is 0.548. The summed E-state index contributed by atoms with van der Waals surface area (Å²) < 4.78 is 0. The van der Waals surface area contributed by atoms with E-state index >= 15 is 0 Å². The zero-order valence-electron chi connectivity index (χ0n) is 21.8. The van der Waals surface area contributed by atoms with Crippen molar-refractivity contribution in [3.63, 3.8) is 0 Å². The van der Waals surface area contributed by atoms with Crippen LogP contribution < -0.4 is 0 Å². The zero-order valence-corrected chi connectivity index (χ0v) is 21.8. The van der Waals surface area contributed by atoms with E-state index in [4.69, 9.17) is 0 Å². The van der Waals surface area contributed by atoms with Crippen molar-refractivity contribution >= 4 is 0 Å². The van der Waals surface area contributed by atoms with Crippen molar-refractivity contribution in [3.8, 4) is 0 Å². The highest BCUT2D eigenvalue weighted by Crippen LogP contribution is 2.74. The molecule has 0 radical (unpaired) electrons. The maximum Gasteiger partial charge on any atom is 0.0877 e.